The lowest BCUT2D eigenvalue weighted by Gasteiger charge is -2.09. The van der Waals surface area contributed by atoms with Crippen LogP contribution in [0.1, 0.15) is 19.3 Å². The topological polar surface area (TPSA) is 38.7 Å². The maximum absolute atomic E-state index is 9.39. The van der Waals surface area contributed by atoms with Crippen molar-refractivity contribution >= 4 is 0 Å². The molecule has 1 saturated carbocycles. The summed E-state index contributed by atoms with van der Waals surface area (Å²) in [6, 6.07) is 0. The summed E-state index contributed by atoms with van der Waals surface area (Å²) in [6.07, 6.45) is 3.21. The van der Waals surface area contributed by atoms with Gasteiger partial charge in [-0.25, -0.2) is 0 Å². The largest absolute Gasteiger partial charge is 0.391 e. The van der Waals surface area contributed by atoms with Crippen molar-refractivity contribution in [2.24, 2.45) is 5.92 Å². The highest BCUT2D eigenvalue weighted by molar-refractivity contribution is 4.76. The minimum atomic E-state index is -0.269. The highest BCUT2D eigenvalue weighted by Gasteiger charge is 2.24. The zero-order chi connectivity index (χ0) is 8.81. The first-order valence-electron chi connectivity index (χ1n) is 4.57. The monoisotopic (exact) mass is 174 g/mol. The first-order valence-corrected chi connectivity index (χ1v) is 4.57. The standard InChI is InChI=1S/C9H18O3/c1-11-4-5-12-7-9(10)6-8-2-3-8/h8-10H,2-7H2,1H3. The lowest BCUT2D eigenvalue weighted by Crippen LogP contribution is -2.17. The van der Waals surface area contributed by atoms with E-state index in [-0.39, 0.29) is 6.10 Å². The van der Waals surface area contributed by atoms with E-state index in [1.54, 1.807) is 7.11 Å². The van der Waals surface area contributed by atoms with Crippen molar-refractivity contribution in [2.45, 2.75) is 25.4 Å². The Morgan fingerprint density at radius 1 is 1.42 bits per heavy atom. The van der Waals surface area contributed by atoms with Crippen LogP contribution in [-0.2, 0) is 9.47 Å². The van der Waals surface area contributed by atoms with E-state index in [9.17, 15) is 5.11 Å². The van der Waals surface area contributed by atoms with Crippen LogP contribution in [0.2, 0.25) is 0 Å². The molecule has 1 N–H and O–H groups in total. The van der Waals surface area contributed by atoms with Gasteiger partial charge >= 0.3 is 0 Å². The van der Waals surface area contributed by atoms with E-state index >= 15 is 0 Å². The third-order valence-electron chi connectivity index (χ3n) is 2.04. The molecule has 3 heteroatoms. The highest BCUT2D eigenvalue weighted by atomic mass is 16.5. The number of hydrogen-bond acceptors (Lipinski definition) is 3. The fourth-order valence-electron chi connectivity index (χ4n) is 1.17. The summed E-state index contributed by atoms with van der Waals surface area (Å²) in [4.78, 5) is 0. The Bertz CT molecular complexity index is 112. The van der Waals surface area contributed by atoms with Crippen LogP contribution in [0.3, 0.4) is 0 Å². The van der Waals surface area contributed by atoms with Crippen LogP contribution in [0.15, 0.2) is 0 Å². The van der Waals surface area contributed by atoms with Crippen molar-refractivity contribution < 1.29 is 14.6 Å². The maximum Gasteiger partial charge on any atom is 0.0776 e. The van der Waals surface area contributed by atoms with Gasteiger partial charge in [0.1, 0.15) is 0 Å². The SMILES string of the molecule is COCCOCC(O)CC1CC1. The van der Waals surface area contributed by atoms with Crippen molar-refractivity contribution in [3.8, 4) is 0 Å². The molecule has 1 aliphatic rings. The third-order valence-corrected chi connectivity index (χ3v) is 2.04. The van der Waals surface area contributed by atoms with Gasteiger partial charge < -0.3 is 14.6 Å². The number of aliphatic hydroxyl groups excluding tert-OH is 1. The van der Waals surface area contributed by atoms with E-state index in [4.69, 9.17) is 9.47 Å². The van der Waals surface area contributed by atoms with E-state index in [0.717, 1.165) is 12.3 Å². The molecule has 1 unspecified atom stereocenters. The number of aliphatic hydroxyl groups is 1. The van der Waals surface area contributed by atoms with Crippen LogP contribution in [0.4, 0.5) is 0 Å². The van der Waals surface area contributed by atoms with Gasteiger partial charge in [-0.2, -0.15) is 0 Å². The average molecular weight is 174 g/mol. The molecule has 72 valence electrons. The molecule has 1 fully saturated rings. The summed E-state index contributed by atoms with van der Waals surface area (Å²) in [5, 5.41) is 9.39. The van der Waals surface area contributed by atoms with E-state index in [1.165, 1.54) is 12.8 Å². The summed E-state index contributed by atoms with van der Waals surface area (Å²) in [5.41, 5.74) is 0. The van der Waals surface area contributed by atoms with Crippen molar-refractivity contribution in [3.05, 3.63) is 0 Å². The van der Waals surface area contributed by atoms with Crippen LogP contribution in [0.5, 0.6) is 0 Å². The fraction of sp³-hybridized carbons (Fsp3) is 1.00. The lowest BCUT2D eigenvalue weighted by atomic mass is 10.2. The Labute approximate surface area is 73.7 Å². The predicted octanol–water partition coefficient (Wildman–Crippen LogP) is 0.810. The Balaban J connectivity index is 1.83. The van der Waals surface area contributed by atoms with Gasteiger partial charge in [0.2, 0.25) is 0 Å². The predicted molar refractivity (Wildman–Crippen MR) is 46.0 cm³/mol. The molecule has 0 radical (unpaired) electrons. The van der Waals surface area contributed by atoms with Crippen LogP contribution in [-0.4, -0.2) is 38.1 Å². The molecule has 0 aromatic heterocycles. The molecule has 0 heterocycles. The number of methoxy groups -OCH3 is 1. The van der Waals surface area contributed by atoms with Gasteiger partial charge in [-0.3, -0.25) is 0 Å². The first kappa shape index (κ1) is 9.96. The van der Waals surface area contributed by atoms with Gasteiger partial charge in [-0.1, -0.05) is 12.8 Å². The lowest BCUT2D eigenvalue weighted by molar-refractivity contribution is 0.00845. The van der Waals surface area contributed by atoms with Gasteiger partial charge in [0, 0.05) is 7.11 Å². The summed E-state index contributed by atoms with van der Waals surface area (Å²) in [6.45, 7) is 1.65. The second-order valence-corrected chi connectivity index (χ2v) is 3.40. The molecule has 0 spiro atoms. The molecule has 12 heavy (non-hydrogen) atoms. The van der Waals surface area contributed by atoms with E-state index in [2.05, 4.69) is 0 Å². The minimum Gasteiger partial charge on any atom is -0.391 e. The third kappa shape index (κ3) is 4.70. The Kier molecular flexibility index (Phi) is 4.58. The van der Waals surface area contributed by atoms with Crippen molar-refractivity contribution in [1.29, 1.82) is 0 Å². The summed E-state index contributed by atoms with van der Waals surface area (Å²) >= 11 is 0. The molecule has 3 nitrogen and oxygen atoms in total. The van der Waals surface area contributed by atoms with Gasteiger partial charge in [-0.15, -0.1) is 0 Å². The summed E-state index contributed by atoms with van der Waals surface area (Å²) in [7, 11) is 1.64. The molecular formula is C9H18O3. The maximum atomic E-state index is 9.39. The molecule has 1 rings (SSSR count). The van der Waals surface area contributed by atoms with Gasteiger partial charge in [0.25, 0.3) is 0 Å². The molecule has 0 aromatic rings. The molecule has 0 aromatic carbocycles. The van der Waals surface area contributed by atoms with E-state index in [1.807, 2.05) is 0 Å². The second-order valence-electron chi connectivity index (χ2n) is 3.40. The molecule has 0 amide bonds. The van der Waals surface area contributed by atoms with Crippen molar-refractivity contribution in [1.82, 2.24) is 0 Å². The Hall–Kier alpha value is -0.120. The quantitative estimate of drug-likeness (QED) is 0.580. The summed E-state index contributed by atoms with van der Waals surface area (Å²) < 4.78 is 10.00. The molecule has 0 aliphatic heterocycles. The molecule has 1 atom stereocenters. The smallest absolute Gasteiger partial charge is 0.0776 e. The molecule has 1 aliphatic carbocycles. The van der Waals surface area contributed by atoms with Crippen LogP contribution in [0.25, 0.3) is 0 Å². The van der Waals surface area contributed by atoms with Crippen LogP contribution >= 0.6 is 0 Å². The number of ether oxygens (including phenoxy) is 2. The summed E-state index contributed by atoms with van der Waals surface area (Å²) in [5.74, 6) is 0.769. The Morgan fingerprint density at radius 3 is 2.75 bits per heavy atom. The van der Waals surface area contributed by atoms with Crippen LogP contribution < -0.4 is 0 Å². The normalized spacial score (nSPS) is 19.5. The van der Waals surface area contributed by atoms with Gasteiger partial charge in [0.05, 0.1) is 25.9 Å². The molecular weight excluding hydrogens is 156 g/mol. The molecule has 0 bridgehead atoms. The Morgan fingerprint density at radius 2 is 2.17 bits per heavy atom. The fourth-order valence-corrected chi connectivity index (χ4v) is 1.17. The average Bonchev–Trinajstić information content (AvgIpc) is 2.82. The van der Waals surface area contributed by atoms with E-state index < -0.39 is 0 Å². The van der Waals surface area contributed by atoms with Crippen molar-refractivity contribution in [3.63, 3.8) is 0 Å². The van der Waals surface area contributed by atoms with Crippen LogP contribution in [0, 0.1) is 5.92 Å². The minimum absolute atomic E-state index is 0.269. The van der Waals surface area contributed by atoms with Gasteiger partial charge in [-0.05, 0) is 12.3 Å². The first-order chi connectivity index (χ1) is 5.83. The van der Waals surface area contributed by atoms with E-state index in [0.29, 0.717) is 19.8 Å². The number of hydrogen-bond donors (Lipinski definition) is 1. The zero-order valence-electron chi connectivity index (χ0n) is 7.66. The molecule has 0 saturated heterocycles. The van der Waals surface area contributed by atoms with Crippen molar-refractivity contribution in [2.75, 3.05) is 26.9 Å². The number of rotatable bonds is 7. The highest BCUT2D eigenvalue weighted by Crippen LogP contribution is 2.33. The zero-order valence-corrected chi connectivity index (χ0v) is 7.66. The second kappa shape index (κ2) is 5.51. The van der Waals surface area contributed by atoms with Gasteiger partial charge in [0.15, 0.2) is 0 Å².